The van der Waals surface area contributed by atoms with Crippen LogP contribution in [0.1, 0.15) is 114 Å². The van der Waals surface area contributed by atoms with Crippen LogP contribution >= 0.6 is 0 Å². The van der Waals surface area contributed by atoms with Gasteiger partial charge in [0.15, 0.2) is 0 Å². The molecule has 0 saturated heterocycles. The first-order chi connectivity index (χ1) is 28.0. The second-order valence-electron chi connectivity index (χ2n) is 19.9. The van der Waals surface area contributed by atoms with Crippen LogP contribution in [0.2, 0.25) is 0 Å². The Bertz CT molecular complexity index is 2100. The Balaban J connectivity index is 0.853. The lowest BCUT2D eigenvalue weighted by molar-refractivity contribution is 0.212. The number of para-hydroxylation sites is 1. The molecule has 11 unspecified atom stereocenters. The third kappa shape index (κ3) is 6.17. The Morgan fingerprint density at radius 1 is 0.667 bits per heavy atom. The molecule has 2 aromatic carbocycles. The molecule has 9 aliphatic rings. The minimum Gasteiger partial charge on any atom is -0.359 e. The highest BCUT2D eigenvalue weighted by atomic mass is 15.2. The zero-order chi connectivity index (χ0) is 38.1. The molecule has 2 aromatic rings. The zero-order valence-electron chi connectivity index (χ0n) is 34.6. The van der Waals surface area contributed by atoms with Crippen molar-refractivity contribution in [2.45, 2.75) is 127 Å². The van der Waals surface area contributed by atoms with Crippen molar-refractivity contribution in [3.05, 3.63) is 155 Å². The molecule has 2 nitrogen and oxygen atoms in total. The number of benzene rings is 2. The van der Waals surface area contributed by atoms with Crippen molar-refractivity contribution >= 4 is 11.3 Å². The molecule has 0 amide bonds. The molecule has 2 saturated carbocycles. The van der Waals surface area contributed by atoms with E-state index < -0.39 is 0 Å². The van der Waals surface area contributed by atoms with Crippen LogP contribution in [0.4, 0.5) is 5.69 Å². The minimum absolute atomic E-state index is 0.192. The first-order valence-corrected chi connectivity index (χ1v) is 23.3. The minimum atomic E-state index is 0.192. The Hall–Kier alpha value is -4.04. The van der Waals surface area contributed by atoms with Crippen LogP contribution in [0.5, 0.6) is 0 Å². The van der Waals surface area contributed by atoms with Gasteiger partial charge in [-0.1, -0.05) is 153 Å². The molecule has 0 radical (unpaired) electrons. The molecular weight excluding hydrogens is 689 g/mol. The van der Waals surface area contributed by atoms with Crippen molar-refractivity contribution in [3.8, 4) is 0 Å². The maximum Gasteiger partial charge on any atom is 0.0551 e. The summed E-state index contributed by atoms with van der Waals surface area (Å²) in [5, 5.41) is 0. The largest absolute Gasteiger partial charge is 0.359 e. The summed E-state index contributed by atoms with van der Waals surface area (Å²) in [4.78, 5) is 5.72. The topological polar surface area (TPSA) is 6.48 Å². The Morgan fingerprint density at radius 3 is 2.39 bits per heavy atom. The van der Waals surface area contributed by atoms with Gasteiger partial charge in [-0.3, -0.25) is 0 Å². The lowest BCUT2D eigenvalue weighted by Gasteiger charge is -2.45. The van der Waals surface area contributed by atoms with Crippen molar-refractivity contribution in [1.29, 1.82) is 0 Å². The van der Waals surface area contributed by atoms with Crippen molar-refractivity contribution < 1.29 is 0 Å². The number of anilines is 1. The van der Waals surface area contributed by atoms with E-state index in [0.29, 0.717) is 41.9 Å². The Labute approximate surface area is 343 Å². The van der Waals surface area contributed by atoms with Gasteiger partial charge >= 0.3 is 0 Å². The van der Waals surface area contributed by atoms with Crippen LogP contribution in [0.25, 0.3) is 5.57 Å². The van der Waals surface area contributed by atoms with Gasteiger partial charge in [0.2, 0.25) is 0 Å². The predicted molar refractivity (Wildman–Crippen MR) is 239 cm³/mol. The second kappa shape index (κ2) is 14.7. The lowest BCUT2D eigenvalue weighted by Crippen LogP contribution is -2.46. The van der Waals surface area contributed by atoms with Crippen LogP contribution < -0.4 is 4.90 Å². The number of rotatable bonds is 6. The first kappa shape index (κ1) is 36.1. The molecule has 0 spiro atoms. The van der Waals surface area contributed by atoms with Gasteiger partial charge in [0.05, 0.1) is 12.1 Å². The summed E-state index contributed by atoms with van der Waals surface area (Å²) in [6, 6.07) is 22.3. The molecule has 11 atom stereocenters. The smallest absolute Gasteiger partial charge is 0.0551 e. The van der Waals surface area contributed by atoms with Gasteiger partial charge in [0.1, 0.15) is 0 Å². The third-order valence-corrected chi connectivity index (χ3v) is 16.7. The SMILES string of the molecule is CC1(C)C2=CCCCC2C2CCC(N(C3=CCC(C4CC=CC(N5c6ccccc6C6C7CCCCC7C=CC65)C4)C=C3)C3C=CC(c4ccccc4)=CC3)C=C21. The average molecular weight is 753 g/mol. The van der Waals surface area contributed by atoms with Crippen LogP contribution in [0.15, 0.2) is 144 Å². The van der Waals surface area contributed by atoms with Gasteiger partial charge < -0.3 is 9.80 Å². The first-order valence-electron chi connectivity index (χ1n) is 23.3. The van der Waals surface area contributed by atoms with E-state index in [1.807, 2.05) is 0 Å². The molecule has 57 heavy (non-hydrogen) atoms. The summed E-state index contributed by atoms with van der Waals surface area (Å²) in [7, 11) is 0. The molecule has 8 aliphatic carbocycles. The maximum atomic E-state index is 2.87. The predicted octanol–water partition coefficient (Wildman–Crippen LogP) is 13.3. The molecule has 1 heterocycles. The highest BCUT2D eigenvalue weighted by Crippen LogP contribution is 2.60. The molecule has 0 N–H and O–H groups in total. The number of hydrogen-bond acceptors (Lipinski definition) is 2. The van der Waals surface area contributed by atoms with Gasteiger partial charge in [-0.25, -0.2) is 0 Å². The summed E-state index contributed by atoms with van der Waals surface area (Å²) in [6.07, 6.45) is 48.0. The maximum absolute atomic E-state index is 2.87. The number of nitrogens with zero attached hydrogens (tertiary/aromatic N) is 2. The zero-order valence-corrected chi connectivity index (χ0v) is 34.6. The number of allylic oxidation sites excluding steroid dienone is 10. The summed E-state index contributed by atoms with van der Waals surface area (Å²) in [5.74, 6) is 5.02. The van der Waals surface area contributed by atoms with Crippen molar-refractivity contribution in [1.82, 2.24) is 4.90 Å². The van der Waals surface area contributed by atoms with E-state index in [0.717, 1.165) is 36.5 Å². The van der Waals surface area contributed by atoms with Crippen molar-refractivity contribution in [2.24, 2.45) is 40.9 Å². The van der Waals surface area contributed by atoms with Crippen LogP contribution in [-0.4, -0.2) is 29.1 Å². The van der Waals surface area contributed by atoms with Crippen LogP contribution in [0, 0.1) is 40.9 Å². The summed E-state index contributed by atoms with van der Waals surface area (Å²) < 4.78 is 0. The van der Waals surface area contributed by atoms with Crippen LogP contribution in [-0.2, 0) is 0 Å². The third-order valence-electron chi connectivity index (χ3n) is 16.7. The summed E-state index contributed by atoms with van der Waals surface area (Å²) >= 11 is 0. The normalized spacial score (nSPS) is 37.2. The molecule has 2 heteroatoms. The van der Waals surface area contributed by atoms with E-state index in [-0.39, 0.29) is 5.41 Å². The average Bonchev–Trinajstić information content (AvgIpc) is 3.73. The van der Waals surface area contributed by atoms with Crippen molar-refractivity contribution in [2.75, 3.05) is 4.90 Å². The highest BCUT2D eigenvalue weighted by Gasteiger charge is 2.51. The molecule has 1 aliphatic heterocycles. The van der Waals surface area contributed by atoms with Gasteiger partial charge in [-0.2, -0.15) is 0 Å². The fourth-order valence-corrected chi connectivity index (χ4v) is 14.1. The highest BCUT2D eigenvalue weighted by molar-refractivity contribution is 5.75. The molecule has 0 bridgehead atoms. The molecule has 2 fully saturated rings. The van der Waals surface area contributed by atoms with Crippen molar-refractivity contribution in [3.63, 3.8) is 0 Å². The summed E-state index contributed by atoms with van der Waals surface area (Å²) in [6.45, 7) is 5.08. The molecule has 0 aromatic heterocycles. The van der Waals surface area contributed by atoms with E-state index >= 15 is 0 Å². The van der Waals surface area contributed by atoms with Gasteiger partial charge in [0.25, 0.3) is 0 Å². The van der Waals surface area contributed by atoms with E-state index in [1.54, 1.807) is 16.7 Å². The van der Waals surface area contributed by atoms with Gasteiger partial charge in [-0.15, -0.1) is 0 Å². The Kier molecular flexibility index (Phi) is 9.27. The summed E-state index contributed by atoms with van der Waals surface area (Å²) in [5.41, 5.74) is 11.0. The fourth-order valence-electron chi connectivity index (χ4n) is 14.1. The second-order valence-corrected chi connectivity index (χ2v) is 19.9. The fraction of sp³-hybridized carbons (Fsp3) is 0.491. The van der Waals surface area contributed by atoms with E-state index in [9.17, 15) is 0 Å². The van der Waals surface area contributed by atoms with Crippen LogP contribution in [0.3, 0.4) is 0 Å². The van der Waals surface area contributed by atoms with Gasteiger partial charge in [-0.05, 0) is 135 Å². The molecular formula is C55H64N2. The quantitative estimate of drug-likeness (QED) is 0.271. The molecule has 294 valence electrons. The number of fused-ring (bicyclic) bond motifs is 8. The van der Waals surface area contributed by atoms with E-state index in [2.05, 4.69) is 151 Å². The standard InChI is InChI=1S/C55H64N2/c1-55(2)50-21-10-8-19-47(50)48-33-32-45(36-51(48)55)56(42-28-23-38(24-29-42)37-13-4-3-5-14-37)43-30-25-39(26-31-43)41-16-12-17-44(35-41)57-52-22-11-9-20-49(52)54-46-18-7-6-15-40(46)27-34-53(54)57/h3-5,9,11-14,17,20-25,27-28,30-31,34,36,39-42,44-48,53-54H,6-8,10,15-16,18-19,26,29,32-33,35H2,1-2H3. The van der Waals surface area contributed by atoms with Gasteiger partial charge in [0, 0.05) is 34.8 Å². The lowest BCUT2D eigenvalue weighted by atomic mass is 9.65. The van der Waals surface area contributed by atoms with E-state index in [4.69, 9.17) is 0 Å². The monoisotopic (exact) mass is 753 g/mol. The Morgan fingerprint density at radius 2 is 1.53 bits per heavy atom. The van der Waals surface area contributed by atoms with E-state index in [1.165, 1.54) is 93.2 Å². The number of hydrogen-bond donors (Lipinski definition) is 0. The molecule has 11 rings (SSSR count).